The average molecular weight is 490 g/mol. The highest BCUT2D eigenvalue weighted by Gasteiger charge is 2.34. The first-order chi connectivity index (χ1) is 12.5. The largest absolute Gasteiger partial charge is 0.494 e. The lowest BCUT2D eigenvalue weighted by Crippen LogP contribution is -2.57. The van der Waals surface area contributed by atoms with Crippen LogP contribution in [0.4, 0.5) is 0 Å². The molecule has 0 aromatic heterocycles. The quantitative estimate of drug-likeness (QED) is 0.350. The van der Waals surface area contributed by atoms with Gasteiger partial charge in [-0.15, -0.1) is 24.0 Å². The molecule has 2 rings (SSSR count). The van der Waals surface area contributed by atoms with Crippen LogP contribution in [0.5, 0.6) is 5.75 Å². The normalized spacial score (nSPS) is 16.6. The predicted molar refractivity (Wildman–Crippen MR) is 122 cm³/mol. The second-order valence-corrected chi connectivity index (χ2v) is 7.05. The van der Waals surface area contributed by atoms with Gasteiger partial charge in [-0.05, 0) is 52.4 Å². The van der Waals surface area contributed by atoms with Crippen LogP contribution in [0.2, 0.25) is 0 Å². The maximum absolute atomic E-state index is 5.77. The van der Waals surface area contributed by atoms with Crippen LogP contribution >= 0.6 is 24.0 Å². The van der Waals surface area contributed by atoms with Crippen LogP contribution in [0.3, 0.4) is 0 Å². The number of nitrogens with zero attached hydrogens (tertiary/aromatic N) is 2. The van der Waals surface area contributed by atoms with Crippen molar-refractivity contribution in [2.24, 2.45) is 4.99 Å². The van der Waals surface area contributed by atoms with Gasteiger partial charge in [0.15, 0.2) is 5.96 Å². The maximum Gasteiger partial charge on any atom is 0.191 e. The van der Waals surface area contributed by atoms with E-state index in [0.29, 0.717) is 13.2 Å². The molecule has 0 amide bonds. The Hall–Kier alpha value is -1.06. The number of likely N-dealkylation sites (N-methyl/N-ethyl adjacent to an activating group) is 1. The molecular weight excluding hydrogens is 455 g/mol. The molecule has 1 saturated heterocycles. The number of ether oxygens (including phenoxy) is 2. The average Bonchev–Trinajstić information content (AvgIpc) is 2.64. The molecule has 0 atom stereocenters. The van der Waals surface area contributed by atoms with Crippen LogP contribution in [0.1, 0.15) is 30.9 Å². The van der Waals surface area contributed by atoms with Crippen molar-refractivity contribution >= 4 is 29.9 Å². The standard InChI is InChI=1S/C20H34N4O2.HI/c1-6-26-18-13-16(2)7-8-17(18)14-22-19(21-3)23-15-20(24(4)5)9-11-25-12-10-20;/h7-8,13H,6,9-12,14-15H2,1-5H3,(H2,21,22,23);1H. The first-order valence-electron chi connectivity index (χ1n) is 9.43. The Morgan fingerprint density at radius 1 is 1.26 bits per heavy atom. The molecule has 0 radical (unpaired) electrons. The fraction of sp³-hybridized carbons (Fsp3) is 0.650. The summed E-state index contributed by atoms with van der Waals surface area (Å²) in [5.41, 5.74) is 2.44. The number of nitrogens with one attached hydrogen (secondary N) is 2. The van der Waals surface area contributed by atoms with Crippen molar-refractivity contribution in [1.82, 2.24) is 15.5 Å². The Bertz CT molecular complexity index is 602. The monoisotopic (exact) mass is 490 g/mol. The van der Waals surface area contributed by atoms with E-state index in [2.05, 4.69) is 59.7 Å². The highest BCUT2D eigenvalue weighted by atomic mass is 127. The zero-order chi connectivity index (χ0) is 19.0. The van der Waals surface area contributed by atoms with Gasteiger partial charge < -0.3 is 25.0 Å². The lowest BCUT2D eigenvalue weighted by molar-refractivity contribution is -0.00501. The van der Waals surface area contributed by atoms with Crippen LogP contribution < -0.4 is 15.4 Å². The molecule has 1 fully saturated rings. The van der Waals surface area contributed by atoms with Gasteiger partial charge in [-0.1, -0.05) is 12.1 Å². The van der Waals surface area contributed by atoms with Crippen molar-refractivity contribution in [2.75, 3.05) is 47.5 Å². The first-order valence-corrected chi connectivity index (χ1v) is 9.43. The Labute approximate surface area is 181 Å². The predicted octanol–water partition coefficient (Wildman–Crippen LogP) is 2.79. The molecule has 1 aromatic carbocycles. The molecule has 1 aliphatic rings. The molecule has 1 aliphatic heterocycles. The Morgan fingerprint density at radius 3 is 2.56 bits per heavy atom. The van der Waals surface area contributed by atoms with Crippen molar-refractivity contribution in [3.8, 4) is 5.75 Å². The van der Waals surface area contributed by atoms with Crippen molar-refractivity contribution in [2.45, 2.75) is 38.8 Å². The second-order valence-electron chi connectivity index (χ2n) is 7.05. The van der Waals surface area contributed by atoms with E-state index in [-0.39, 0.29) is 29.5 Å². The van der Waals surface area contributed by atoms with E-state index in [1.165, 1.54) is 5.56 Å². The highest BCUT2D eigenvalue weighted by molar-refractivity contribution is 14.0. The van der Waals surface area contributed by atoms with E-state index >= 15 is 0 Å². The van der Waals surface area contributed by atoms with Crippen molar-refractivity contribution < 1.29 is 9.47 Å². The maximum atomic E-state index is 5.77. The summed E-state index contributed by atoms with van der Waals surface area (Å²) in [7, 11) is 6.09. The minimum atomic E-state index is 0. The SMILES string of the molecule is CCOc1cc(C)ccc1CNC(=NC)NCC1(N(C)C)CCOCC1.I. The second kappa shape index (κ2) is 11.7. The van der Waals surface area contributed by atoms with Gasteiger partial charge in [0.05, 0.1) is 6.61 Å². The topological polar surface area (TPSA) is 58.1 Å². The van der Waals surface area contributed by atoms with Crippen LogP contribution in [0.25, 0.3) is 0 Å². The van der Waals surface area contributed by atoms with Gasteiger partial charge in [-0.3, -0.25) is 4.99 Å². The summed E-state index contributed by atoms with van der Waals surface area (Å²) in [5.74, 6) is 1.74. The summed E-state index contributed by atoms with van der Waals surface area (Å²) in [6.07, 6.45) is 2.05. The lowest BCUT2D eigenvalue weighted by atomic mass is 9.88. The molecule has 0 aliphatic carbocycles. The summed E-state index contributed by atoms with van der Waals surface area (Å²) in [5, 5.41) is 6.90. The first kappa shape index (κ1) is 24.0. The smallest absolute Gasteiger partial charge is 0.191 e. The van der Waals surface area contributed by atoms with Crippen molar-refractivity contribution in [3.05, 3.63) is 29.3 Å². The summed E-state index contributed by atoms with van der Waals surface area (Å²) < 4.78 is 11.3. The third-order valence-corrected chi connectivity index (χ3v) is 5.15. The molecule has 27 heavy (non-hydrogen) atoms. The fourth-order valence-electron chi connectivity index (χ4n) is 3.28. The van der Waals surface area contributed by atoms with Crippen molar-refractivity contribution in [3.63, 3.8) is 0 Å². The van der Waals surface area contributed by atoms with Gasteiger partial charge in [-0.25, -0.2) is 0 Å². The third kappa shape index (κ3) is 6.80. The number of rotatable bonds is 7. The Balaban J connectivity index is 0.00000364. The number of aryl methyl sites for hydroxylation is 1. The van der Waals surface area contributed by atoms with E-state index in [1.54, 1.807) is 7.05 Å². The molecule has 154 valence electrons. The van der Waals surface area contributed by atoms with Gasteiger partial charge in [0.1, 0.15) is 5.75 Å². The van der Waals surface area contributed by atoms with E-state index < -0.39 is 0 Å². The molecule has 0 saturated carbocycles. The molecule has 1 heterocycles. The van der Waals surface area contributed by atoms with Crippen LogP contribution in [0, 0.1) is 6.92 Å². The molecular formula is C20H35IN4O2. The summed E-state index contributed by atoms with van der Waals surface area (Å²) >= 11 is 0. The zero-order valence-corrected chi connectivity index (χ0v) is 19.6. The van der Waals surface area contributed by atoms with Gasteiger partial charge in [0.2, 0.25) is 0 Å². The molecule has 7 heteroatoms. The van der Waals surface area contributed by atoms with E-state index in [4.69, 9.17) is 9.47 Å². The van der Waals surface area contributed by atoms with Crippen LogP contribution in [0.15, 0.2) is 23.2 Å². The number of hydrogen-bond donors (Lipinski definition) is 2. The minimum absolute atomic E-state index is 0. The number of hydrogen-bond acceptors (Lipinski definition) is 4. The summed E-state index contributed by atoms with van der Waals surface area (Å²) in [6.45, 7) is 7.89. The number of halogens is 1. The Kier molecular flexibility index (Phi) is 10.4. The van der Waals surface area contributed by atoms with E-state index in [0.717, 1.165) is 49.9 Å². The fourth-order valence-corrected chi connectivity index (χ4v) is 3.28. The number of benzene rings is 1. The van der Waals surface area contributed by atoms with Crippen LogP contribution in [-0.4, -0.2) is 63.9 Å². The zero-order valence-electron chi connectivity index (χ0n) is 17.3. The van der Waals surface area contributed by atoms with Gasteiger partial charge in [-0.2, -0.15) is 0 Å². The molecule has 0 bridgehead atoms. The van der Waals surface area contributed by atoms with Gasteiger partial charge >= 0.3 is 0 Å². The molecule has 6 nitrogen and oxygen atoms in total. The molecule has 2 N–H and O–H groups in total. The van der Waals surface area contributed by atoms with E-state index in [9.17, 15) is 0 Å². The Morgan fingerprint density at radius 2 is 1.96 bits per heavy atom. The van der Waals surface area contributed by atoms with Crippen LogP contribution in [-0.2, 0) is 11.3 Å². The molecule has 0 spiro atoms. The minimum Gasteiger partial charge on any atom is -0.494 e. The van der Waals surface area contributed by atoms with Gasteiger partial charge in [0, 0.05) is 44.5 Å². The summed E-state index contributed by atoms with van der Waals surface area (Å²) in [6, 6.07) is 6.30. The third-order valence-electron chi connectivity index (χ3n) is 5.15. The molecule has 1 aromatic rings. The molecule has 0 unspecified atom stereocenters. The number of aliphatic imine (C=N–C) groups is 1. The van der Waals surface area contributed by atoms with E-state index in [1.807, 2.05) is 6.92 Å². The van der Waals surface area contributed by atoms with Gasteiger partial charge in [0.25, 0.3) is 0 Å². The number of guanidine groups is 1. The summed E-state index contributed by atoms with van der Waals surface area (Å²) in [4.78, 5) is 6.68. The lowest BCUT2D eigenvalue weighted by Gasteiger charge is -2.43. The van der Waals surface area contributed by atoms with Crippen molar-refractivity contribution in [1.29, 1.82) is 0 Å². The highest BCUT2D eigenvalue weighted by Crippen LogP contribution is 2.25.